The van der Waals surface area contributed by atoms with E-state index in [1.54, 1.807) is 6.92 Å². The van der Waals surface area contributed by atoms with Crippen LogP contribution in [0.25, 0.3) is 11.3 Å². The number of rotatable bonds is 4. The van der Waals surface area contributed by atoms with E-state index in [4.69, 9.17) is 4.74 Å². The van der Waals surface area contributed by atoms with Crippen LogP contribution in [-0.4, -0.2) is 16.6 Å². The number of hydrogen-bond donors (Lipinski definition) is 1. The molecule has 2 rings (SSSR count). The van der Waals surface area contributed by atoms with Crippen LogP contribution in [0, 0.1) is 6.92 Å². The van der Waals surface area contributed by atoms with Crippen molar-refractivity contribution >= 4 is 0 Å². The van der Waals surface area contributed by atoms with Crippen molar-refractivity contribution in [2.24, 2.45) is 0 Å². The highest BCUT2D eigenvalue weighted by molar-refractivity contribution is 5.62. The molecule has 1 aromatic heterocycles. The molecule has 0 unspecified atom stereocenters. The highest BCUT2D eigenvalue weighted by atomic mass is 16.5. The first-order valence-corrected chi connectivity index (χ1v) is 5.95. The summed E-state index contributed by atoms with van der Waals surface area (Å²) in [7, 11) is 0. The predicted molar refractivity (Wildman–Crippen MR) is 70.4 cm³/mol. The molecule has 0 aliphatic carbocycles. The van der Waals surface area contributed by atoms with Gasteiger partial charge < -0.3 is 9.72 Å². The summed E-state index contributed by atoms with van der Waals surface area (Å²) in [6, 6.07) is 9.69. The highest BCUT2D eigenvalue weighted by Gasteiger charge is 2.09. The monoisotopic (exact) mass is 244 g/mol. The molecule has 94 valence electrons. The lowest BCUT2D eigenvalue weighted by atomic mass is 10.1. The van der Waals surface area contributed by atoms with Gasteiger partial charge in [0.25, 0.3) is 5.56 Å². The van der Waals surface area contributed by atoms with Crippen LogP contribution in [-0.2, 0) is 11.3 Å². The van der Waals surface area contributed by atoms with Gasteiger partial charge in [-0.1, -0.05) is 30.3 Å². The smallest absolute Gasteiger partial charge is 0.254 e. The van der Waals surface area contributed by atoms with Crippen molar-refractivity contribution < 1.29 is 4.74 Å². The fraction of sp³-hybridized carbons (Fsp3) is 0.286. The van der Waals surface area contributed by atoms with Crippen LogP contribution in [0.4, 0.5) is 0 Å². The number of benzene rings is 1. The molecule has 0 radical (unpaired) electrons. The zero-order valence-corrected chi connectivity index (χ0v) is 10.6. The molecule has 2 aromatic rings. The van der Waals surface area contributed by atoms with Crippen molar-refractivity contribution in [2.75, 3.05) is 6.61 Å². The van der Waals surface area contributed by atoms with E-state index < -0.39 is 0 Å². The van der Waals surface area contributed by atoms with Gasteiger partial charge >= 0.3 is 0 Å². The first-order valence-electron chi connectivity index (χ1n) is 5.95. The molecule has 0 atom stereocenters. The van der Waals surface area contributed by atoms with Crippen LogP contribution >= 0.6 is 0 Å². The summed E-state index contributed by atoms with van der Waals surface area (Å²) in [5, 5.41) is 0. The third-order valence-corrected chi connectivity index (χ3v) is 2.69. The van der Waals surface area contributed by atoms with Crippen molar-refractivity contribution in [3.05, 3.63) is 52.1 Å². The Morgan fingerprint density at radius 2 is 2.00 bits per heavy atom. The van der Waals surface area contributed by atoms with E-state index in [0.29, 0.717) is 30.3 Å². The molecule has 4 nitrogen and oxygen atoms in total. The van der Waals surface area contributed by atoms with E-state index in [1.165, 1.54) is 0 Å². The van der Waals surface area contributed by atoms with Crippen LogP contribution in [0.15, 0.2) is 35.1 Å². The van der Waals surface area contributed by atoms with Gasteiger partial charge in [-0.2, -0.15) is 0 Å². The Morgan fingerprint density at radius 1 is 1.28 bits per heavy atom. The van der Waals surface area contributed by atoms with Crippen LogP contribution < -0.4 is 5.56 Å². The summed E-state index contributed by atoms with van der Waals surface area (Å²) in [6.45, 7) is 4.60. The molecule has 0 fully saturated rings. The minimum absolute atomic E-state index is 0.112. The van der Waals surface area contributed by atoms with Gasteiger partial charge in [0.05, 0.1) is 5.69 Å². The zero-order chi connectivity index (χ0) is 13.0. The maximum atomic E-state index is 11.8. The molecule has 0 saturated carbocycles. The molecule has 4 heteroatoms. The maximum Gasteiger partial charge on any atom is 0.254 e. The van der Waals surface area contributed by atoms with Crippen molar-refractivity contribution in [3.63, 3.8) is 0 Å². The van der Waals surface area contributed by atoms with Crippen LogP contribution in [0.1, 0.15) is 18.3 Å². The second-order valence-corrected chi connectivity index (χ2v) is 3.99. The van der Waals surface area contributed by atoms with Crippen molar-refractivity contribution in [3.8, 4) is 11.3 Å². The third-order valence-electron chi connectivity index (χ3n) is 2.69. The molecule has 1 N–H and O–H groups in total. The molecule has 1 heterocycles. The molecule has 0 aliphatic rings. The molecule has 0 spiro atoms. The molecule has 18 heavy (non-hydrogen) atoms. The molecular formula is C14H16N2O2. The fourth-order valence-corrected chi connectivity index (χ4v) is 1.72. The largest absolute Gasteiger partial charge is 0.374 e. The molecule has 0 aliphatic heterocycles. The minimum atomic E-state index is -0.112. The minimum Gasteiger partial charge on any atom is -0.374 e. The van der Waals surface area contributed by atoms with Crippen molar-refractivity contribution in [1.82, 2.24) is 9.97 Å². The maximum absolute atomic E-state index is 11.8. The number of nitrogens with zero attached hydrogens (tertiary/aromatic N) is 1. The summed E-state index contributed by atoms with van der Waals surface area (Å²) < 4.78 is 5.27. The van der Waals surface area contributed by atoms with E-state index in [1.807, 2.05) is 37.3 Å². The Balaban J connectivity index is 2.46. The van der Waals surface area contributed by atoms with Crippen LogP contribution in [0.3, 0.4) is 0 Å². The highest BCUT2D eigenvalue weighted by Crippen LogP contribution is 2.18. The molecular weight excluding hydrogens is 228 g/mol. The quantitative estimate of drug-likeness (QED) is 0.897. The van der Waals surface area contributed by atoms with Gasteiger partial charge in [-0.05, 0) is 13.8 Å². The number of nitrogens with one attached hydrogen (secondary N) is 1. The molecule has 0 bridgehead atoms. The summed E-state index contributed by atoms with van der Waals surface area (Å²) >= 11 is 0. The van der Waals surface area contributed by atoms with Gasteiger partial charge in [-0.25, -0.2) is 4.98 Å². The Hall–Kier alpha value is -1.94. The number of H-pyrrole nitrogens is 1. The Morgan fingerprint density at radius 3 is 2.67 bits per heavy atom. The SMILES string of the molecule is CCOCc1nc(-c2ccccc2)c(C)c(=O)[nH]1. The summed E-state index contributed by atoms with van der Waals surface area (Å²) in [5.41, 5.74) is 2.17. The predicted octanol–water partition coefficient (Wildman–Crippen LogP) is 2.28. The average molecular weight is 244 g/mol. The van der Waals surface area contributed by atoms with E-state index in [-0.39, 0.29) is 5.56 Å². The van der Waals surface area contributed by atoms with E-state index in [0.717, 1.165) is 5.56 Å². The van der Waals surface area contributed by atoms with Gasteiger partial charge in [0.1, 0.15) is 12.4 Å². The van der Waals surface area contributed by atoms with Gasteiger partial charge in [-0.3, -0.25) is 4.79 Å². The van der Waals surface area contributed by atoms with Crippen LogP contribution in [0.2, 0.25) is 0 Å². The van der Waals surface area contributed by atoms with Crippen LogP contribution in [0.5, 0.6) is 0 Å². The van der Waals surface area contributed by atoms with Crippen molar-refractivity contribution in [1.29, 1.82) is 0 Å². The zero-order valence-electron chi connectivity index (χ0n) is 10.6. The lowest BCUT2D eigenvalue weighted by molar-refractivity contribution is 0.128. The number of ether oxygens (including phenoxy) is 1. The summed E-state index contributed by atoms with van der Waals surface area (Å²) in [6.07, 6.45) is 0. The number of aromatic amines is 1. The summed E-state index contributed by atoms with van der Waals surface area (Å²) in [4.78, 5) is 19.0. The Bertz CT molecular complexity index is 576. The lowest BCUT2D eigenvalue weighted by Gasteiger charge is -2.07. The Kier molecular flexibility index (Phi) is 3.89. The van der Waals surface area contributed by atoms with Gasteiger partial charge in [0.2, 0.25) is 0 Å². The van der Waals surface area contributed by atoms with Crippen molar-refractivity contribution in [2.45, 2.75) is 20.5 Å². The second-order valence-electron chi connectivity index (χ2n) is 3.99. The standard InChI is InChI=1S/C14H16N2O2/c1-3-18-9-12-15-13(10(2)14(17)16-12)11-7-5-4-6-8-11/h4-8H,3,9H2,1-2H3,(H,15,16,17). The van der Waals surface area contributed by atoms with Gasteiger partial charge in [0.15, 0.2) is 0 Å². The second kappa shape index (κ2) is 5.60. The average Bonchev–Trinajstić information content (AvgIpc) is 2.41. The third kappa shape index (κ3) is 2.65. The van der Waals surface area contributed by atoms with E-state index >= 15 is 0 Å². The number of aromatic nitrogens is 2. The normalized spacial score (nSPS) is 10.6. The first-order chi connectivity index (χ1) is 8.72. The number of hydrogen-bond acceptors (Lipinski definition) is 3. The van der Waals surface area contributed by atoms with Gasteiger partial charge in [0, 0.05) is 17.7 Å². The Labute approximate surface area is 106 Å². The lowest BCUT2D eigenvalue weighted by Crippen LogP contribution is -2.16. The molecule has 1 aromatic carbocycles. The van der Waals surface area contributed by atoms with E-state index in [2.05, 4.69) is 9.97 Å². The molecule has 0 saturated heterocycles. The summed E-state index contributed by atoms with van der Waals surface area (Å²) in [5.74, 6) is 0.561. The topological polar surface area (TPSA) is 55.0 Å². The first kappa shape index (κ1) is 12.5. The molecule has 0 amide bonds. The van der Waals surface area contributed by atoms with Gasteiger partial charge in [-0.15, -0.1) is 0 Å². The fourth-order valence-electron chi connectivity index (χ4n) is 1.72. The van der Waals surface area contributed by atoms with E-state index in [9.17, 15) is 4.79 Å².